The van der Waals surface area contributed by atoms with Crippen LogP contribution < -0.4 is 5.32 Å². The summed E-state index contributed by atoms with van der Waals surface area (Å²) in [4.78, 5) is 13.9. The number of aliphatic hydroxyl groups is 1. The molecule has 0 aliphatic carbocycles. The third-order valence-corrected chi connectivity index (χ3v) is 5.50. The molecule has 3 rings (SSSR count). The van der Waals surface area contributed by atoms with Crippen molar-refractivity contribution in [2.45, 2.75) is 24.5 Å². The van der Waals surface area contributed by atoms with Crippen LogP contribution in [-0.2, 0) is 12.7 Å². The van der Waals surface area contributed by atoms with Crippen molar-refractivity contribution in [2.24, 2.45) is 0 Å². The van der Waals surface area contributed by atoms with E-state index >= 15 is 0 Å². The van der Waals surface area contributed by atoms with Crippen molar-refractivity contribution in [3.63, 3.8) is 0 Å². The fourth-order valence-electron chi connectivity index (χ4n) is 3.34. The van der Waals surface area contributed by atoms with Gasteiger partial charge in [0, 0.05) is 28.9 Å². The second kappa shape index (κ2) is 8.97. The van der Waals surface area contributed by atoms with Gasteiger partial charge in [0.2, 0.25) is 0 Å². The lowest BCUT2D eigenvalue weighted by Gasteiger charge is -2.15. The summed E-state index contributed by atoms with van der Waals surface area (Å²) in [6.07, 6.45) is -1.11. The van der Waals surface area contributed by atoms with Crippen LogP contribution >= 0.6 is 11.8 Å². The first-order chi connectivity index (χ1) is 14.3. The van der Waals surface area contributed by atoms with Crippen molar-refractivity contribution in [3.05, 3.63) is 71.4 Å². The maximum Gasteiger partial charge on any atom is 0.417 e. The highest BCUT2D eigenvalue weighted by Crippen LogP contribution is 2.39. The molecule has 0 radical (unpaired) electrons. The van der Waals surface area contributed by atoms with E-state index in [4.69, 9.17) is 0 Å². The molecule has 1 amide bonds. The van der Waals surface area contributed by atoms with Crippen LogP contribution in [0.25, 0.3) is 11.3 Å². The van der Waals surface area contributed by atoms with Crippen LogP contribution in [0.5, 0.6) is 0 Å². The topological polar surface area (TPSA) is 54.3 Å². The SMILES string of the molecule is CSc1ccc(NC(=O)c2cn(CCO)c(-c3ccccc3C(F)(F)F)c2C)cc1. The van der Waals surface area contributed by atoms with E-state index in [9.17, 15) is 23.1 Å². The molecule has 4 nitrogen and oxygen atoms in total. The summed E-state index contributed by atoms with van der Waals surface area (Å²) in [5.74, 6) is -0.424. The second-order valence-corrected chi connectivity index (χ2v) is 7.54. The molecule has 30 heavy (non-hydrogen) atoms. The number of carbonyl (C=O) groups is 1. The van der Waals surface area contributed by atoms with E-state index in [0.29, 0.717) is 11.3 Å². The van der Waals surface area contributed by atoms with Crippen LogP contribution in [0.4, 0.5) is 18.9 Å². The van der Waals surface area contributed by atoms with E-state index < -0.39 is 17.6 Å². The third kappa shape index (κ3) is 4.55. The number of halogens is 3. The molecule has 1 heterocycles. The minimum atomic E-state index is -4.54. The number of nitrogens with zero attached hydrogens (tertiary/aromatic N) is 1. The predicted octanol–water partition coefficient (Wildman–Crippen LogP) is 5.45. The molecule has 0 aliphatic heterocycles. The lowest BCUT2D eigenvalue weighted by Crippen LogP contribution is -2.12. The Balaban J connectivity index is 2.04. The van der Waals surface area contributed by atoms with Crippen LogP contribution in [0, 0.1) is 6.92 Å². The molecular weight excluding hydrogens is 413 g/mol. The van der Waals surface area contributed by atoms with Gasteiger partial charge >= 0.3 is 6.18 Å². The summed E-state index contributed by atoms with van der Waals surface area (Å²) < 4.78 is 42.2. The van der Waals surface area contributed by atoms with Gasteiger partial charge < -0.3 is 15.0 Å². The molecule has 0 spiro atoms. The van der Waals surface area contributed by atoms with Gasteiger partial charge in [-0.15, -0.1) is 11.8 Å². The highest BCUT2D eigenvalue weighted by molar-refractivity contribution is 7.98. The highest BCUT2D eigenvalue weighted by Gasteiger charge is 2.35. The average molecular weight is 434 g/mol. The molecule has 0 bridgehead atoms. The summed E-state index contributed by atoms with van der Waals surface area (Å²) in [5, 5.41) is 12.2. The molecule has 0 saturated heterocycles. The Bertz CT molecular complexity index is 1040. The molecule has 2 aromatic carbocycles. The van der Waals surface area contributed by atoms with Gasteiger partial charge in [-0.25, -0.2) is 0 Å². The number of aromatic nitrogens is 1. The summed E-state index contributed by atoms with van der Waals surface area (Å²) >= 11 is 1.58. The minimum absolute atomic E-state index is 0.0284. The number of amides is 1. The second-order valence-electron chi connectivity index (χ2n) is 6.66. The first-order valence-electron chi connectivity index (χ1n) is 9.19. The molecule has 3 aromatic rings. The number of hydrogen-bond acceptors (Lipinski definition) is 3. The third-order valence-electron chi connectivity index (χ3n) is 4.75. The summed E-state index contributed by atoms with van der Waals surface area (Å²) in [7, 11) is 0. The zero-order chi connectivity index (χ0) is 21.9. The van der Waals surface area contributed by atoms with Crippen molar-refractivity contribution >= 4 is 23.4 Å². The standard InChI is InChI=1S/C22H21F3N2O2S/c1-14-18(21(29)26-15-7-9-16(30-2)10-8-15)13-27(11-12-28)20(14)17-5-3-4-6-19(17)22(23,24)25/h3-10,13,28H,11-12H2,1-2H3,(H,26,29). The summed E-state index contributed by atoms with van der Waals surface area (Å²) in [5.41, 5.74) is 0.705. The van der Waals surface area contributed by atoms with Gasteiger partial charge in [-0.2, -0.15) is 13.2 Å². The number of alkyl halides is 3. The van der Waals surface area contributed by atoms with Gasteiger partial charge in [0.15, 0.2) is 0 Å². The lowest BCUT2D eigenvalue weighted by atomic mass is 10.00. The quantitative estimate of drug-likeness (QED) is 0.508. The Kier molecular flexibility index (Phi) is 6.58. The first-order valence-corrected chi connectivity index (χ1v) is 10.4. The van der Waals surface area contributed by atoms with Gasteiger partial charge in [-0.05, 0) is 49.1 Å². The number of nitrogens with one attached hydrogen (secondary N) is 1. The number of hydrogen-bond donors (Lipinski definition) is 2. The van der Waals surface area contributed by atoms with Crippen molar-refractivity contribution in [1.82, 2.24) is 4.57 Å². The summed E-state index contributed by atoms with van der Waals surface area (Å²) in [6.45, 7) is 1.41. The number of rotatable bonds is 6. The maximum atomic E-state index is 13.6. The normalized spacial score (nSPS) is 11.5. The molecule has 158 valence electrons. The fraction of sp³-hybridized carbons (Fsp3) is 0.227. The Morgan fingerprint density at radius 2 is 1.80 bits per heavy atom. The number of anilines is 1. The number of carbonyl (C=O) groups excluding carboxylic acids is 1. The minimum Gasteiger partial charge on any atom is -0.395 e. The smallest absolute Gasteiger partial charge is 0.395 e. The van der Waals surface area contributed by atoms with Gasteiger partial charge in [0.25, 0.3) is 5.91 Å². The Hall–Kier alpha value is -2.71. The van der Waals surface area contributed by atoms with E-state index in [1.807, 2.05) is 18.4 Å². The molecule has 0 aliphatic rings. The van der Waals surface area contributed by atoms with Crippen LogP contribution in [0.2, 0.25) is 0 Å². The lowest BCUT2D eigenvalue weighted by molar-refractivity contribution is -0.137. The molecule has 0 saturated carbocycles. The van der Waals surface area contributed by atoms with Crippen molar-refractivity contribution in [3.8, 4) is 11.3 Å². The predicted molar refractivity (Wildman–Crippen MR) is 113 cm³/mol. The zero-order valence-corrected chi connectivity index (χ0v) is 17.3. The van der Waals surface area contributed by atoms with Gasteiger partial charge in [0.1, 0.15) is 0 Å². The van der Waals surface area contributed by atoms with Gasteiger partial charge in [-0.1, -0.05) is 18.2 Å². The average Bonchev–Trinajstić information content (AvgIpc) is 3.04. The Morgan fingerprint density at radius 1 is 1.13 bits per heavy atom. The van der Waals surface area contributed by atoms with Crippen LogP contribution in [-0.4, -0.2) is 28.4 Å². The molecule has 1 aromatic heterocycles. The first kappa shape index (κ1) is 22.0. The molecule has 0 unspecified atom stereocenters. The molecule has 8 heteroatoms. The van der Waals surface area contributed by atoms with E-state index in [1.165, 1.54) is 29.0 Å². The Labute approximate surface area is 176 Å². The van der Waals surface area contributed by atoms with E-state index in [-0.39, 0.29) is 30.0 Å². The largest absolute Gasteiger partial charge is 0.417 e. The van der Waals surface area contributed by atoms with Crippen molar-refractivity contribution < 1.29 is 23.1 Å². The van der Waals surface area contributed by atoms with Crippen molar-refractivity contribution in [1.29, 1.82) is 0 Å². The van der Waals surface area contributed by atoms with Crippen LogP contribution in [0.3, 0.4) is 0 Å². The van der Waals surface area contributed by atoms with Crippen LogP contribution in [0.1, 0.15) is 21.5 Å². The number of thioether (sulfide) groups is 1. The number of aliphatic hydroxyl groups excluding tert-OH is 1. The Morgan fingerprint density at radius 3 is 2.40 bits per heavy atom. The highest BCUT2D eigenvalue weighted by atomic mass is 32.2. The van der Waals surface area contributed by atoms with E-state index in [1.54, 1.807) is 30.8 Å². The van der Waals surface area contributed by atoms with Crippen molar-refractivity contribution in [2.75, 3.05) is 18.2 Å². The summed E-state index contributed by atoms with van der Waals surface area (Å²) in [6, 6.07) is 12.5. The fourth-order valence-corrected chi connectivity index (χ4v) is 3.75. The molecule has 0 fully saturated rings. The maximum absolute atomic E-state index is 13.6. The number of benzene rings is 2. The van der Waals surface area contributed by atoms with Gasteiger partial charge in [-0.3, -0.25) is 4.79 Å². The zero-order valence-electron chi connectivity index (χ0n) is 16.5. The molecule has 0 atom stereocenters. The monoisotopic (exact) mass is 434 g/mol. The van der Waals surface area contributed by atoms with E-state index in [2.05, 4.69) is 5.32 Å². The molecule has 2 N–H and O–H groups in total. The van der Waals surface area contributed by atoms with Crippen LogP contribution in [0.15, 0.2) is 59.6 Å². The van der Waals surface area contributed by atoms with Gasteiger partial charge in [0.05, 0.1) is 23.4 Å². The van der Waals surface area contributed by atoms with E-state index in [0.717, 1.165) is 11.0 Å². The molecular formula is C22H21F3N2O2S.